The lowest BCUT2D eigenvalue weighted by Gasteiger charge is -2.38. The highest BCUT2D eigenvalue weighted by Crippen LogP contribution is 2.44. The standard InChI is InChI=1S/C48H43BrN2S/c1-33-29-35-17-12-14-24-42(35)48(3,4)43(33)30-34(2)50(36-18-8-5-6-9-19-36)38-22-16-25-45(44(49)32-38)51(37-20-10-7-11-21-37)39-27-28-47-41(31-39)40-23-13-15-26-46(40)52-47/h5,7-28,30-32,38H,6,29H2,1-4H3/b34-30+. The van der Waals surface area contributed by atoms with Crippen molar-refractivity contribution in [1.82, 2.24) is 4.90 Å². The average Bonchev–Trinajstić information content (AvgIpc) is 3.25. The SMILES string of the molecule is CC1=C(/C=C(\C)N(C2=CC=CCC=C2)C2C=CC=C(N(c3ccccc3)c3ccc4sc5ccccc5c4c3)C(Br)=C2)C(C)(C)c2ccccc2C1. The number of nitrogens with zero attached hydrogens (tertiary/aromatic N) is 2. The van der Waals surface area contributed by atoms with Crippen molar-refractivity contribution in [2.45, 2.75) is 52.0 Å². The van der Waals surface area contributed by atoms with Crippen molar-refractivity contribution in [2.24, 2.45) is 0 Å². The Labute approximate surface area is 320 Å². The summed E-state index contributed by atoms with van der Waals surface area (Å²) in [6, 6.07) is 35.2. The minimum Gasteiger partial charge on any atom is -0.335 e. The van der Waals surface area contributed by atoms with Crippen LogP contribution in [-0.4, -0.2) is 10.9 Å². The van der Waals surface area contributed by atoms with E-state index in [1.165, 1.54) is 53.8 Å². The number of anilines is 2. The van der Waals surface area contributed by atoms with Crippen LogP contribution in [0.5, 0.6) is 0 Å². The summed E-state index contributed by atoms with van der Waals surface area (Å²) in [7, 11) is 0. The van der Waals surface area contributed by atoms with Gasteiger partial charge in [0, 0.05) is 52.8 Å². The van der Waals surface area contributed by atoms with Crippen LogP contribution >= 0.6 is 27.3 Å². The molecule has 2 nitrogen and oxygen atoms in total. The smallest absolute Gasteiger partial charge is 0.0720 e. The molecule has 1 atom stereocenters. The Balaban J connectivity index is 1.21. The summed E-state index contributed by atoms with van der Waals surface area (Å²) in [6.07, 6.45) is 24.7. The van der Waals surface area contributed by atoms with Crippen LogP contribution in [0, 0.1) is 0 Å². The third-order valence-electron chi connectivity index (χ3n) is 10.6. The van der Waals surface area contributed by atoms with Gasteiger partial charge >= 0.3 is 0 Å². The molecule has 4 heteroatoms. The number of thiophene rings is 1. The van der Waals surface area contributed by atoms with Crippen LogP contribution in [0.15, 0.2) is 191 Å². The highest BCUT2D eigenvalue weighted by atomic mass is 79.9. The Morgan fingerprint density at radius 2 is 1.60 bits per heavy atom. The van der Waals surface area contributed by atoms with Crippen LogP contribution in [0.3, 0.4) is 0 Å². The van der Waals surface area contributed by atoms with Crippen molar-refractivity contribution in [3.8, 4) is 0 Å². The Morgan fingerprint density at radius 1 is 0.827 bits per heavy atom. The molecule has 0 spiro atoms. The molecule has 1 unspecified atom stereocenters. The summed E-state index contributed by atoms with van der Waals surface area (Å²) in [6.45, 7) is 9.32. The van der Waals surface area contributed by atoms with Gasteiger partial charge in [0.25, 0.3) is 0 Å². The van der Waals surface area contributed by atoms with Gasteiger partial charge in [0.2, 0.25) is 0 Å². The van der Waals surface area contributed by atoms with Crippen LogP contribution in [0.2, 0.25) is 0 Å². The van der Waals surface area contributed by atoms with Crippen LogP contribution in [0.4, 0.5) is 11.4 Å². The molecular weight excluding hydrogens is 717 g/mol. The monoisotopic (exact) mass is 758 g/mol. The Kier molecular flexibility index (Phi) is 9.38. The van der Waals surface area contributed by atoms with Crippen LogP contribution < -0.4 is 4.90 Å². The molecule has 3 aliphatic carbocycles. The highest BCUT2D eigenvalue weighted by molar-refractivity contribution is 9.12. The van der Waals surface area contributed by atoms with E-state index in [1.54, 1.807) is 0 Å². The van der Waals surface area contributed by atoms with Gasteiger partial charge in [0.05, 0.1) is 11.7 Å². The molecule has 0 bridgehead atoms. The van der Waals surface area contributed by atoms with Crippen molar-refractivity contribution >= 4 is 58.8 Å². The first-order valence-corrected chi connectivity index (χ1v) is 19.7. The van der Waals surface area contributed by atoms with E-state index in [9.17, 15) is 0 Å². The van der Waals surface area contributed by atoms with E-state index in [4.69, 9.17) is 0 Å². The van der Waals surface area contributed by atoms with E-state index in [1.807, 2.05) is 11.3 Å². The molecule has 0 radical (unpaired) electrons. The highest BCUT2D eigenvalue weighted by Gasteiger charge is 2.33. The summed E-state index contributed by atoms with van der Waals surface area (Å²) < 4.78 is 3.65. The molecule has 8 rings (SSSR count). The van der Waals surface area contributed by atoms with Crippen molar-refractivity contribution in [3.63, 3.8) is 0 Å². The minimum absolute atomic E-state index is 0.0393. The predicted molar refractivity (Wildman–Crippen MR) is 228 cm³/mol. The third-order valence-corrected chi connectivity index (χ3v) is 12.4. The zero-order valence-corrected chi connectivity index (χ0v) is 32.6. The zero-order chi connectivity index (χ0) is 35.8. The van der Waals surface area contributed by atoms with Gasteiger partial charge in [-0.15, -0.1) is 11.3 Å². The summed E-state index contributed by atoms with van der Waals surface area (Å²) in [5, 5.41) is 2.58. The number of hydrogen-bond acceptors (Lipinski definition) is 3. The average molecular weight is 760 g/mol. The van der Waals surface area contributed by atoms with Gasteiger partial charge in [-0.05, 0) is 126 Å². The van der Waals surface area contributed by atoms with Crippen molar-refractivity contribution in [1.29, 1.82) is 0 Å². The lowest BCUT2D eigenvalue weighted by atomic mass is 9.69. The molecule has 1 heterocycles. The molecule has 52 heavy (non-hydrogen) atoms. The second kappa shape index (κ2) is 14.3. The first-order chi connectivity index (χ1) is 25.3. The fourth-order valence-electron chi connectivity index (χ4n) is 8.10. The van der Waals surface area contributed by atoms with Crippen molar-refractivity contribution in [3.05, 3.63) is 202 Å². The number of halogens is 1. The molecule has 0 saturated heterocycles. The first kappa shape index (κ1) is 34.2. The van der Waals surface area contributed by atoms with E-state index >= 15 is 0 Å². The molecule has 4 aromatic carbocycles. The molecule has 0 amide bonds. The van der Waals surface area contributed by atoms with E-state index < -0.39 is 0 Å². The largest absolute Gasteiger partial charge is 0.335 e. The number of allylic oxidation sites excluding steroid dienone is 12. The van der Waals surface area contributed by atoms with Gasteiger partial charge in [-0.1, -0.05) is 110 Å². The Morgan fingerprint density at radius 3 is 2.46 bits per heavy atom. The number of benzene rings is 4. The lowest BCUT2D eigenvalue weighted by molar-refractivity contribution is 0.420. The van der Waals surface area contributed by atoms with Gasteiger partial charge in [0.15, 0.2) is 0 Å². The van der Waals surface area contributed by atoms with Gasteiger partial charge < -0.3 is 9.80 Å². The van der Waals surface area contributed by atoms with Crippen molar-refractivity contribution in [2.75, 3.05) is 4.90 Å². The number of rotatable bonds is 7. The first-order valence-electron chi connectivity index (χ1n) is 18.1. The molecular formula is C48H43BrN2S. The Bertz CT molecular complexity index is 2430. The van der Waals surface area contributed by atoms with Gasteiger partial charge in [-0.3, -0.25) is 0 Å². The molecule has 258 valence electrons. The maximum absolute atomic E-state index is 4.13. The normalized spacial score (nSPS) is 18.4. The lowest BCUT2D eigenvalue weighted by Crippen LogP contribution is -2.32. The molecule has 0 fully saturated rings. The minimum atomic E-state index is -0.102. The fourth-order valence-corrected chi connectivity index (χ4v) is 9.76. The van der Waals surface area contributed by atoms with Crippen molar-refractivity contribution < 1.29 is 0 Å². The third kappa shape index (κ3) is 6.40. The van der Waals surface area contributed by atoms with Crippen LogP contribution in [0.25, 0.3) is 20.2 Å². The Hall–Kier alpha value is -4.90. The summed E-state index contributed by atoms with van der Waals surface area (Å²) in [5.41, 5.74) is 11.3. The molecule has 1 aromatic heterocycles. The van der Waals surface area contributed by atoms with Gasteiger partial charge in [0.1, 0.15) is 0 Å². The number of fused-ring (bicyclic) bond motifs is 4. The van der Waals surface area contributed by atoms with E-state index in [2.05, 4.69) is 211 Å². The van der Waals surface area contributed by atoms with E-state index in [-0.39, 0.29) is 11.5 Å². The number of hydrogen-bond donors (Lipinski definition) is 0. The maximum Gasteiger partial charge on any atom is 0.0720 e. The molecule has 3 aliphatic rings. The maximum atomic E-state index is 4.13. The summed E-state index contributed by atoms with van der Waals surface area (Å²) in [5.74, 6) is 0. The summed E-state index contributed by atoms with van der Waals surface area (Å²) in [4.78, 5) is 4.85. The molecule has 0 aliphatic heterocycles. The van der Waals surface area contributed by atoms with E-state index in [0.29, 0.717) is 0 Å². The second-order valence-corrected chi connectivity index (χ2v) is 16.3. The number of para-hydroxylation sites is 1. The molecule has 5 aromatic rings. The summed E-state index contributed by atoms with van der Waals surface area (Å²) >= 11 is 5.98. The fraction of sp³-hybridized carbons (Fsp3) is 0.167. The van der Waals surface area contributed by atoms with Gasteiger partial charge in [-0.25, -0.2) is 0 Å². The molecule has 0 N–H and O–H groups in total. The molecule has 0 saturated carbocycles. The van der Waals surface area contributed by atoms with Crippen LogP contribution in [0.1, 0.15) is 45.2 Å². The quantitative estimate of drug-likeness (QED) is 0.163. The zero-order valence-electron chi connectivity index (χ0n) is 30.2. The van der Waals surface area contributed by atoms with Crippen LogP contribution in [-0.2, 0) is 11.8 Å². The predicted octanol–water partition coefficient (Wildman–Crippen LogP) is 13.7. The topological polar surface area (TPSA) is 6.48 Å². The second-order valence-electron chi connectivity index (χ2n) is 14.4. The van der Waals surface area contributed by atoms with E-state index in [0.717, 1.165) is 34.4 Å². The van der Waals surface area contributed by atoms with Gasteiger partial charge in [-0.2, -0.15) is 0 Å².